The minimum absolute atomic E-state index is 0.0197. The summed E-state index contributed by atoms with van der Waals surface area (Å²) in [5.41, 5.74) is 5.67. The van der Waals surface area contributed by atoms with Gasteiger partial charge < -0.3 is 19.5 Å². The number of pyridine rings is 1. The summed E-state index contributed by atoms with van der Waals surface area (Å²) in [6.07, 6.45) is 7.41. The van der Waals surface area contributed by atoms with Gasteiger partial charge in [-0.25, -0.2) is 22.3 Å². The number of nitro groups is 1. The van der Waals surface area contributed by atoms with Gasteiger partial charge in [-0.2, -0.15) is 4.36 Å². The molecule has 0 unspecified atom stereocenters. The van der Waals surface area contributed by atoms with Crippen LogP contribution in [0, 0.1) is 27.4 Å². The van der Waals surface area contributed by atoms with Crippen LogP contribution in [-0.4, -0.2) is 113 Å². The van der Waals surface area contributed by atoms with E-state index in [2.05, 4.69) is 59.7 Å². The SMILES string of the molecule is CC(C)C(=O)N=S1(=O)CCN(CC[C@H](C)Cc2ccc(S(=O)(=O)NC(=O)c3ccc(N4CCN(CC5=C(c6ccc(Cl)cc6)CC(C)(C)CC5)CC4)cc3Oc3cnc4[nH]ccc4c3)cc2[N+](=O)[O-])CC1. The predicted octanol–water partition coefficient (Wildman–Crippen LogP) is 9.36. The van der Waals surface area contributed by atoms with Crippen molar-refractivity contribution < 1.29 is 31.9 Å². The molecule has 2 fully saturated rings. The number of halogens is 1. The van der Waals surface area contributed by atoms with Crippen LogP contribution in [0.15, 0.2) is 100 Å². The van der Waals surface area contributed by atoms with Crippen LogP contribution in [0.5, 0.6) is 11.5 Å². The molecule has 2 saturated heterocycles. The number of amides is 2. The lowest BCUT2D eigenvalue weighted by molar-refractivity contribution is -0.385. The lowest BCUT2D eigenvalue weighted by atomic mass is 9.72. The third kappa shape index (κ3) is 12.9. The molecular weight excluding hydrogens is 964 g/mol. The molecule has 71 heavy (non-hydrogen) atoms. The number of anilines is 1. The number of hydrogen-bond acceptors (Lipinski definition) is 12. The summed E-state index contributed by atoms with van der Waals surface area (Å²) >= 11 is 6.25. The van der Waals surface area contributed by atoms with Crippen molar-refractivity contribution in [3.63, 3.8) is 0 Å². The molecule has 3 aliphatic rings. The Balaban J connectivity index is 0.949. The van der Waals surface area contributed by atoms with Gasteiger partial charge in [-0.05, 0) is 104 Å². The van der Waals surface area contributed by atoms with Crippen LogP contribution in [0.3, 0.4) is 0 Å². The van der Waals surface area contributed by atoms with Crippen molar-refractivity contribution in [3.05, 3.63) is 123 Å². The summed E-state index contributed by atoms with van der Waals surface area (Å²) in [6.45, 7) is 15.7. The minimum Gasteiger partial charge on any atom is -0.455 e. The predicted molar refractivity (Wildman–Crippen MR) is 279 cm³/mol. The second kappa shape index (κ2) is 21.6. The summed E-state index contributed by atoms with van der Waals surface area (Å²) in [7, 11) is -7.19. The number of carbonyl (C=O) groups excluding carboxylic acids is 2. The zero-order valence-electron chi connectivity index (χ0n) is 41.0. The van der Waals surface area contributed by atoms with E-state index in [4.69, 9.17) is 16.3 Å². The van der Waals surface area contributed by atoms with E-state index in [1.807, 2.05) is 25.1 Å². The molecule has 4 heterocycles. The second-order valence-corrected chi connectivity index (χ2v) is 24.9. The highest BCUT2D eigenvalue weighted by atomic mass is 35.5. The van der Waals surface area contributed by atoms with Gasteiger partial charge in [0, 0.05) is 103 Å². The molecule has 0 saturated carbocycles. The number of nitrogens with zero attached hydrogens (tertiary/aromatic N) is 6. The van der Waals surface area contributed by atoms with Crippen molar-refractivity contribution in [3.8, 4) is 11.5 Å². The molecule has 8 rings (SSSR count). The van der Waals surface area contributed by atoms with Gasteiger partial charge in [0.1, 0.15) is 17.1 Å². The topological polar surface area (TPSA) is 201 Å². The number of allylic oxidation sites excluding steroid dienone is 1. The third-order valence-corrected chi connectivity index (χ3v) is 17.6. The average molecular weight is 1030 g/mol. The van der Waals surface area contributed by atoms with Crippen LogP contribution < -0.4 is 14.4 Å². The fourth-order valence-corrected chi connectivity index (χ4v) is 12.6. The molecule has 0 spiro atoms. The van der Waals surface area contributed by atoms with Crippen molar-refractivity contribution >= 4 is 71.1 Å². The number of carbonyl (C=O) groups is 2. The Bertz CT molecular complexity index is 3070. The summed E-state index contributed by atoms with van der Waals surface area (Å²) in [4.78, 5) is 51.9. The van der Waals surface area contributed by atoms with Crippen molar-refractivity contribution in [2.75, 3.05) is 68.8 Å². The lowest BCUT2D eigenvalue weighted by Crippen LogP contribution is -2.47. The molecule has 2 amide bonds. The average Bonchev–Trinajstić information content (AvgIpc) is 3.80. The fraction of sp³-hybridized carbons (Fsp3) is 0.442. The van der Waals surface area contributed by atoms with E-state index < -0.39 is 35.5 Å². The van der Waals surface area contributed by atoms with Crippen LogP contribution in [-0.2, 0) is 31.0 Å². The minimum atomic E-state index is -4.61. The summed E-state index contributed by atoms with van der Waals surface area (Å²) in [5, 5.41) is 13.9. The van der Waals surface area contributed by atoms with E-state index in [0.717, 1.165) is 61.1 Å². The maximum absolute atomic E-state index is 14.1. The van der Waals surface area contributed by atoms with Crippen LogP contribution in [0.4, 0.5) is 11.4 Å². The molecule has 2 aromatic heterocycles. The van der Waals surface area contributed by atoms with Crippen molar-refractivity contribution in [2.45, 2.75) is 71.6 Å². The van der Waals surface area contributed by atoms with Gasteiger partial charge >= 0.3 is 0 Å². The van der Waals surface area contributed by atoms with Crippen LogP contribution in [0.2, 0.25) is 5.02 Å². The van der Waals surface area contributed by atoms with Gasteiger partial charge in [0.2, 0.25) is 0 Å². The van der Waals surface area contributed by atoms with Crippen LogP contribution in [0.1, 0.15) is 81.8 Å². The van der Waals surface area contributed by atoms with Crippen molar-refractivity contribution in [1.29, 1.82) is 0 Å². The summed E-state index contributed by atoms with van der Waals surface area (Å²) in [6, 6.07) is 20.5. The Morgan fingerprint density at radius 3 is 2.41 bits per heavy atom. The zero-order valence-corrected chi connectivity index (χ0v) is 43.4. The first kappa shape index (κ1) is 51.7. The van der Waals surface area contributed by atoms with Gasteiger partial charge in [0.25, 0.3) is 27.5 Å². The largest absolute Gasteiger partial charge is 0.455 e. The van der Waals surface area contributed by atoms with Crippen LogP contribution in [0.25, 0.3) is 16.6 Å². The normalized spacial score (nSPS) is 18.1. The number of nitro benzene ring substituents is 1. The number of benzene rings is 3. The Hall–Kier alpha value is -5.66. The molecule has 16 nitrogen and oxygen atoms in total. The first-order valence-corrected chi connectivity index (χ1v) is 28.0. The molecule has 1 aliphatic carbocycles. The summed E-state index contributed by atoms with van der Waals surface area (Å²) < 4.78 is 53.4. The number of aromatic amines is 1. The maximum atomic E-state index is 14.1. The van der Waals surface area contributed by atoms with Gasteiger partial charge in [0.15, 0.2) is 0 Å². The number of H-pyrrole nitrogens is 1. The number of ether oxygens (including phenoxy) is 1. The molecule has 1 atom stereocenters. The summed E-state index contributed by atoms with van der Waals surface area (Å²) in [5.74, 6) is -0.578. The molecule has 378 valence electrons. The van der Waals surface area contributed by atoms with Crippen LogP contribution >= 0.6 is 11.6 Å². The molecule has 3 aromatic carbocycles. The Morgan fingerprint density at radius 1 is 0.972 bits per heavy atom. The van der Waals surface area contributed by atoms with Gasteiger partial charge in [-0.15, -0.1) is 0 Å². The van der Waals surface area contributed by atoms with E-state index in [0.29, 0.717) is 74.0 Å². The lowest BCUT2D eigenvalue weighted by Gasteiger charge is -2.39. The number of piperazine rings is 1. The Morgan fingerprint density at radius 2 is 1.70 bits per heavy atom. The highest BCUT2D eigenvalue weighted by Crippen LogP contribution is 2.43. The standard InChI is InChI=1S/C52H63ClN8O8S2/c1-35(2)50(62)56-70(66)26-24-58(25-27-70)19-16-36(3)28-38-8-12-44(31-47(38)61(64)65)71(67,68)57-51(63)45-13-11-42(30-48(45)69-43-29-39-15-18-54-49(39)55-33-43)60-22-20-59(21-23-60)34-40-14-17-52(4,5)32-46(40)37-6-9-41(53)10-7-37/h6-13,15,18,29-31,33,35-36H,14,16-17,19-28,32,34H2,1-5H3,(H,54,55)(H,57,63)/t36-/m0/s1. The molecule has 0 radical (unpaired) electrons. The van der Waals surface area contributed by atoms with E-state index >= 15 is 0 Å². The van der Waals surface area contributed by atoms with Gasteiger partial charge in [0.05, 0.1) is 31.3 Å². The molecule has 2 aliphatic heterocycles. The number of sulfonamides is 1. The first-order chi connectivity index (χ1) is 33.7. The molecule has 19 heteroatoms. The number of rotatable bonds is 16. The second-order valence-electron chi connectivity index (χ2n) is 20.2. The molecular formula is C52H63ClN8O8S2. The molecule has 2 N–H and O–H groups in total. The quantitative estimate of drug-likeness (QED) is 0.0702. The van der Waals surface area contributed by atoms with Crippen molar-refractivity contribution in [1.82, 2.24) is 24.5 Å². The Labute approximate surface area is 421 Å². The Kier molecular flexibility index (Phi) is 15.7. The van der Waals surface area contributed by atoms with E-state index in [9.17, 15) is 32.3 Å². The van der Waals surface area contributed by atoms with E-state index in [1.54, 1.807) is 38.2 Å². The van der Waals surface area contributed by atoms with Crippen molar-refractivity contribution in [2.24, 2.45) is 21.6 Å². The number of hydrogen-bond donors (Lipinski definition) is 2. The first-order valence-electron chi connectivity index (χ1n) is 24.3. The fourth-order valence-electron chi connectivity index (χ4n) is 9.49. The third-order valence-electron chi connectivity index (χ3n) is 13.8. The number of fused-ring (bicyclic) bond motifs is 1. The highest BCUT2D eigenvalue weighted by Gasteiger charge is 2.31. The monoisotopic (exact) mass is 1030 g/mol. The number of nitrogens with one attached hydrogen (secondary N) is 2. The zero-order chi connectivity index (χ0) is 50.7. The molecule has 5 aromatic rings. The van der Waals surface area contributed by atoms with Gasteiger partial charge in [-0.1, -0.05) is 70.0 Å². The molecule has 0 bridgehead atoms. The maximum Gasteiger partial charge on any atom is 0.273 e. The highest BCUT2D eigenvalue weighted by molar-refractivity contribution is 7.94. The van der Waals surface area contributed by atoms with E-state index in [-0.39, 0.29) is 40.2 Å². The van der Waals surface area contributed by atoms with Gasteiger partial charge in [-0.3, -0.25) is 24.6 Å². The number of aromatic nitrogens is 2. The van der Waals surface area contributed by atoms with E-state index in [1.165, 1.54) is 41.1 Å². The smallest absolute Gasteiger partial charge is 0.273 e.